The molecular formula is C40H56N4O21. The third kappa shape index (κ3) is 13.9. The smallest absolute Gasteiger partial charge is 0.313 e. The van der Waals surface area contributed by atoms with Crippen molar-refractivity contribution in [1.29, 1.82) is 0 Å². The molecule has 11 unspecified atom stereocenters. The molecule has 0 spiro atoms. The normalized spacial score (nSPS) is 31.1. The van der Waals surface area contributed by atoms with Crippen LogP contribution >= 0.6 is 0 Å². The minimum atomic E-state index is -2.22. The van der Waals surface area contributed by atoms with Gasteiger partial charge in [0.25, 0.3) is 0 Å². The molecule has 0 amide bonds. The summed E-state index contributed by atoms with van der Waals surface area (Å²) in [5.41, 5.74) is 1.82. The van der Waals surface area contributed by atoms with Gasteiger partial charge < -0.3 is 33.5 Å². The first kappa shape index (κ1) is 51.9. The molecule has 5 aliphatic rings. The van der Waals surface area contributed by atoms with E-state index in [0.717, 1.165) is 38.0 Å². The quantitative estimate of drug-likeness (QED) is 0.0841. The molecule has 5 rings (SSSR count). The van der Waals surface area contributed by atoms with Crippen LogP contribution in [0, 0.1) is 69.0 Å². The Hall–Kier alpha value is -5.72. The Morgan fingerprint density at radius 1 is 0.677 bits per heavy atom. The standard InChI is InChI=1S/C22H32O3.C18H24N4O18/c1-4-20(24)25-19-8-7-17-16-6-5-14-13-15(23)9-11-21(14,2)18(16)10-12-22(17,19)3;23-11(1-5-19(28)29)36-9-10-15(38-12(24)2-6-20(30)31)16(39-13(25)3-7-21(32)33)17(18(27)37-10)40-14(26)4-8-22(34)35/h13,16-19H,4-12H2,1-3H3;10,15-18,27H,1-9H2. The largest absolute Gasteiger partial charge is 0.463 e. The lowest BCUT2D eigenvalue weighted by atomic mass is 9.47. The van der Waals surface area contributed by atoms with Crippen molar-refractivity contribution in [3.05, 3.63) is 52.1 Å². The summed E-state index contributed by atoms with van der Waals surface area (Å²) in [7, 11) is 0. The molecule has 1 heterocycles. The van der Waals surface area contributed by atoms with Crippen LogP contribution in [-0.2, 0) is 57.2 Å². The number of allylic oxidation sites excluding steroid dienone is 1. The molecule has 4 aliphatic carbocycles. The van der Waals surface area contributed by atoms with E-state index in [0.29, 0.717) is 24.0 Å². The molecule has 1 N–H and O–H groups in total. The number of carbonyl (C=O) groups is 6. The molecule has 1 aliphatic heterocycles. The maximum absolute atomic E-state index is 12.3. The number of fused-ring (bicyclic) bond motifs is 5. The van der Waals surface area contributed by atoms with Crippen LogP contribution in [0.5, 0.6) is 0 Å². The molecule has 4 fully saturated rings. The zero-order valence-electron chi connectivity index (χ0n) is 36.4. The predicted molar refractivity (Wildman–Crippen MR) is 214 cm³/mol. The van der Waals surface area contributed by atoms with E-state index in [-0.39, 0.29) is 22.9 Å². The van der Waals surface area contributed by atoms with E-state index >= 15 is 0 Å². The van der Waals surface area contributed by atoms with Crippen molar-refractivity contribution in [1.82, 2.24) is 0 Å². The zero-order valence-corrected chi connectivity index (χ0v) is 36.4. The molecule has 25 heteroatoms. The number of carbonyl (C=O) groups excluding carboxylic acids is 6. The van der Waals surface area contributed by atoms with Crippen LogP contribution in [0.4, 0.5) is 0 Å². The van der Waals surface area contributed by atoms with Crippen LogP contribution in [0.3, 0.4) is 0 Å². The Bertz CT molecular complexity index is 1880. The van der Waals surface area contributed by atoms with Gasteiger partial charge in [0.1, 0.15) is 44.5 Å². The van der Waals surface area contributed by atoms with Gasteiger partial charge in [-0.25, -0.2) is 0 Å². The van der Waals surface area contributed by atoms with Gasteiger partial charge in [0.2, 0.25) is 26.2 Å². The van der Waals surface area contributed by atoms with Crippen molar-refractivity contribution >= 4 is 35.6 Å². The molecule has 11 atom stereocenters. The minimum absolute atomic E-state index is 0.0411. The first-order chi connectivity index (χ1) is 30.6. The van der Waals surface area contributed by atoms with Crippen molar-refractivity contribution in [3.63, 3.8) is 0 Å². The number of aliphatic hydroxyl groups is 1. The van der Waals surface area contributed by atoms with Crippen molar-refractivity contribution in [3.8, 4) is 0 Å². The second-order valence-electron chi connectivity index (χ2n) is 17.3. The fourth-order valence-corrected chi connectivity index (χ4v) is 9.99. The van der Waals surface area contributed by atoms with Crippen molar-refractivity contribution in [2.45, 2.75) is 141 Å². The lowest BCUT2D eigenvalue weighted by molar-refractivity contribution is -0.479. The highest BCUT2D eigenvalue weighted by atomic mass is 16.7. The van der Waals surface area contributed by atoms with Crippen LogP contribution in [-0.4, -0.2) is 130 Å². The van der Waals surface area contributed by atoms with Crippen LogP contribution in [0.15, 0.2) is 11.6 Å². The summed E-state index contributed by atoms with van der Waals surface area (Å²) < 4.78 is 30.9. The van der Waals surface area contributed by atoms with Crippen molar-refractivity contribution in [2.75, 3.05) is 32.8 Å². The zero-order chi connectivity index (χ0) is 48.2. The minimum Gasteiger partial charge on any atom is -0.463 e. The summed E-state index contributed by atoms with van der Waals surface area (Å²) in [5.74, 6) is -2.65. The Kier molecular flexibility index (Phi) is 18.3. The lowest BCUT2D eigenvalue weighted by Gasteiger charge is -2.57. The Morgan fingerprint density at radius 3 is 1.74 bits per heavy atom. The van der Waals surface area contributed by atoms with Crippen LogP contribution in [0.25, 0.3) is 0 Å². The summed E-state index contributed by atoms with van der Waals surface area (Å²) in [6.45, 7) is 2.23. The fourth-order valence-electron chi connectivity index (χ4n) is 9.99. The van der Waals surface area contributed by atoms with E-state index in [1.165, 1.54) is 24.8 Å². The maximum atomic E-state index is 12.3. The molecule has 0 aromatic carbocycles. The monoisotopic (exact) mass is 928 g/mol. The number of aliphatic hydroxyl groups excluding tert-OH is 1. The van der Waals surface area contributed by atoms with E-state index in [9.17, 15) is 74.3 Å². The number of ether oxygens (including phenoxy) is 6. The van der Waals surface area contributed by atoms with E-state index in [2.05, 4.69) is 13.8 Å². The first-order valence-electron chi connectivity index (χ1n) is 21.6. The van der Waals surface area contributed by atoms with Crippen molar-refractivity contribution in [2.24, 2.45) is 28.6 Å². The lowest BCUT2D eigenvalue weighted by Crippen LogP contribution is -2.62. The Morgan fingerprint density at radius 2 is 1.20 bits per heavy atom. The number of nitrogens with zero attached hydrogens (tertiary/aromatic N) is 4. The predicted octanol–water partition coefficient (Wildman–Crippen LogP) is 2.49. The number of ketones is 1. The van der Waals surface area contributed by atoms with Gasteiger partial charge >= 0.3 is 29.8 Å². The summed E-state index contributed by atoms with van der Waals surface area (Å²) in [5, 5.41) is 52.7. The number of nitro groups is 4. The third-order valence-corrected chi connectivity index (χ3v) is 13.3. The van der Waals surface area contributed by atoms with E-state index in [1.54, 1.807) is 0 Å². The fraction of sp³-hybridized carbons (Fsp3) is 0.800. The maximum Gasteiger partial charge on any atom is 0.313 e. The van der Waals surface area contributed by atoms with Gasteiger partial charge in [0.05, 0.1) is 0 Å². The number of hydrogen-bond donors (Lipinski definition) is 1. The van der Waals surface area contributed by atoms with Gasteiger partial charge in [0.15, 0.2) is 30.4 Å². The molecule has 0 aromatic heterocycles. The molecule has 25 nitrogen and oxygen atoms in total. The van der Waals surface area contributed by atoms with Crippen LogP contribution in [0.1, 0.15) is 104 Å². The Balaban J connectivity index is 0.000000313. The molecule has 362 valence electrons. The molecular weight excluding hydrogens is 872 g/mol. The summed E-state index contributed by atoms with van der Waals surface area (Å²) in [4.78, 5) is 111. The second-order valence-corrected chi connectivity index (χ2v) is 17.3. The first-order valence-corrected chi connectivity index (χ1v) is 21.6. The highest BCUT2D eigenvalue weighted by Gasteiger charge is 2.60. The van der Waals surface area contributed by atoms with E-state index in [1.807, 2.05) is 13.0 Å². The van der Waals surface area contributed by atoms with E-state index < -0.39 is 133 Å². The van der Waals surface area contributed by atoms with Gasteiger partial charge in [-0.3, -0.25) is 69.2 Å². The summed E-state index contributed by atoms with van der Waals surface area (Å²) in [6, 6.07) is 0. The highest BCUT2D eigenvalue weighted by molar-refractivity contribution is 5.91. The average molecular weight is 929 g/mol. The van der Waals surface area contributed by atoms with Crippen molar-refractivity contribution < 1.29 is 82.0 Å². The second kappa shape index (κ2) is 22.9. The number of esters is 5. The number of rotatable bonds is 19. The molecule has 0 aromatic rings. The topological polar surface area (TPSA) is 351 Å². The third-order valence-electron chi connectivity index (χ3n) is 13.3. The molecule has 1 saturated heterocycles. The summed E-state index contributed by atoms with van der Waals surface area (Å²) in [6.07, 6.45) is -1.91. The van der Waals surface area contributed by atoms with Gasteiger partial charge in [-0.15, -0.1) is 0 Å². The molecule has 0 bridgehead atoms. The molecule has 65 heavy (non-hydrogen) atoms. The number of hydrogen-bond acceptors (Lipinski definition) is 21. The van der Waals surface area contributed by atoms with Gasteiger partial charge in [0, 0.05) is 37.9 Å². The molecule has 0 radical (unpaired) electrons. The van der Waals surface area contributed by atoms with Gasteiger partial charge in [-0.05, 0) is 74.2 Å². The molecule has 3 saturated carbocycles. The SMILES string of the molecule is CCC(=O)OC1CCC2C3CCC4=CC(=O)CCC4(C)C3CCC12C.O=C(CC[N+](=O)[O-])OCC1OC(O)C(OC(=O)CC[N+](=O)[O-])C(OC(=O)CC[N+](=O)[O-])C1OC(=O)CC[N+](=O)[O-]. The Labute approximate surface area is 371 Å². The van der Waals surface area contributed by atoms with Crippen LogP contribution < -0.4 is 0 Å². The summed E-state index contributed by atoms with van der Waals surface area (Å²) >= 11 is 0. The average Bonchev–Trinajstić information content (AvgIpc) is 3.57. The van der Waals surface area contributed by atoms with E-state index in [4.69, 9.17) is 28.4 Å². The van der Waals surface area contributed by atoms with Gasteiger partial charge in [-0.1, -0.05) is 26.3 Å². The van der Waals surface area contributed by atoms with Gasteiger partial charge in [-0.2, -0.15) is 0 Å². The highest BCUT2D eigenvalue weighted by Crippen LogP contribution is 2.65. The van der Waals surface area contributed by atoms with Crippen LogP contribution in [0.2, 0.25) is 0 Å².